The Morgan fingerprint density at radius 3 is 2.90 bits per heavy atom. The third kappa shape index (κ3) is 3.74. The Bertz CT molecular complexity index is 613. The van der Waals surface area contributed by atoms with Crippen molar-refractivity contribution >= 4 is 44.6 Å². The van der Waals surface area contributed by atoms with Crippen molar-refractivity contribution in [2.75, 3.05) is 17.7 Å². The Labute approximate surface area is 130 Å². The van der Waals surface area contributed by atoms with Gasteiger partial charge in [0.2, 0.25) is 0 Å². The molecule has 0 radical (unpaired) electrons. The number of halogens is 1. The second-order valence-electron chi connectivity index (χ2n) is 4.11. The van der Waals surface area contributed by atoms with E-state index in [1.54, 1.807) is 36.5 Å². The van der Waals surface area contributed by atoms with Crippen molar-refractivity contribution in [3.05, 3.63) is 44.6 Å². The highest BCUT2D eigenvalue weighted by Gasteiger charge is 2.09. The summed E-state index contributed by atoms with van der Waals surface area (Å²) in [6.07, 6.45) is 0. The van der Waals surface area contributed by atoms with Crippen LogP contribution in [0.1, 0.15) is 22.2 Å². The number of nitrogen functional groups attached to an aromatic ring is 1. The highest BCUT2D eigenvalue weighted by Crippen LogP contribution is 2.24. The molecule has 0 aliphatic carbocycles. The first kappa shape index (κ1) is 14.9. The Balaban J connectivity index is 2.10. The molecule has 0 aliphatic rings. The fourth-order valence-electron chi connectivity index (χ4n) is 1.68. The summed E-state index contributed by atoms with van der Waals surface area (Å²) in [6.45, 7) is 2.80. The van der Waals surface area contributed by atoms with Gasteiger partial charge in [0.15, 0.2) is 0 Å². The van der Waals surface area contributed by atoms with Gasteiger partial charge in [0.25, 0.3) is 0 Å². The molecular formula is C14H15BrN2O2S. The maximum atomic E-state index is 11.7. The second-order valence-corrected chi connectivity index (χ2v) is 6.02. The van der Waals surface area contributed by atoms with E-state index in [1.165, 1.54) is 4.88 Å². The lowest BCUT2D eigenvalue weighted by Crippen LogP contribution is -2.07. The molecule has 2 rings (SSSR count). The van der Waals surface area contributed by atoms with Crippen LogP contribution in [0.2, 0.25) is 0 Å². The van der Waals surface area contributed by atoms with E-state index >= 15 is 0 Å². The first-order valence-electron chi connectivity index (χ1n) is 6.13. The van der Waals surface area contributed by atoms with Gasteiger partial charge in [-0.3, -0.25) is 0 Å². The second kappa shape index (κ2) is 6.76. The lowest BCUT2D eigenvalue weighted by atomic mass is 10.1. The van der Waals surface area contributed by atoms with Crippen LogP contribution in [0.3, 0.4) is 0 Å². The van der Waals surface area contributed by atoms with Gasteiger partial charge in [-0.05, 0) is 47.1 Å². The minimum Gasteiger partial charge on any atom is -0.462 e. The topological polar surface area (TPSA) is 64.3 Å². The third-order valence-electron chi connectivity index (χ3n) is 2.64. The lowest BCUT2D eigenvalue weighted by molar-refractivity contribution is 0.0526. The number of esters is 1. The van der Waals surface area contributed by atoms with E-state index in [4.69, 9.17) is 10.5 Å². The molecule has 0 amide bonds. The molecule has 3 N–H and O–H groups in total. The number of benzene rings is 1. The Hall–Kier alpha value is -1.53. The number of rotatable bonds is 5. The molecule has 4 nitrogen and oxygen atoms in total. The first-order valence-corrected chi connectivity index (χ1v) is 7.81. The van der Waals surface area contributed by atoms with E-state index in [2.05, 4.69) is 21.2 Å². The standard InChI is InChI=1S/C14H15BrN2O2S/c1-2-19-14(18)9-3-4-12(16)13(5-9)17-7-11-6-10(15)8-20-11/h3-6,8,17H,2,7,16H2,1H3. The predicted octanol–water partition coefficient (Wildman–Crippen LogP) is 3.88. The van der Waals surface area contributed by atoms with Gasteiger partial charge in [-0.2, -0.15) is 0 Å². The van der Waals surface area contributed by atoms with Gasteiger partial charge in [-0.1, -0.05) is 0 Å². The van der Waals surface area contributed by atoms with Crippen molar-refractivity contribution in [2.45, 2.75) is 13.5 Å². The number of nitrogens with two attached hydrogens (primary N) is 1. The summed E-state index contributed by atoms with van der Waals surface area (Å²) >= 11 is 5.07. The number of carbonyl (C=O) groups excluding carboxylic acids is 1. The number of thiophene rings is 1. The average Bonchev–Trinajstić information content (AvgIpc) is 2.84. The first-order chi connectivity index (χ1) is 9.60. The van der Waals surface area contributed by atoms with Gasteiger partial charge in [0, 0.05) is 21.3 Å². The fourth-order valence-corrected chi connectivity index (χ4v) is 3.07. The fraction of sp³-hybridized carbons (Fsp3) is 0.214. The average molecular weight is 355 g/mol. The van der Waals surface area contributed by atoms with Gasteiger partial charge in [0.05, 0.1) is 23.5 Å². The molecule has 106 valence electrons. The number of nitrogens with one attached hydrogen (secondary N) is 1. The minimum atomic E-state index is -0.339. The molecular weight excluding hydrogens is 340 g/mol. The van der Waals surface area contributed by atoms with Gasteiger partial charge in [0.1, 0.15) is 0 Å². The minimum absolute atomic E-state index is 0.339. The van der Waals surface area contributed by atoms with Crippen molar-refractivity contribution < 1.29 is 9.53 Å². The number of hydrogen-bond acceptors (Lipinski definition) is 5. The predicted molar refractivity (Wildman–Crippen MR) is 86.2 cm³/mol. The van der Waals surface area contributed by atoms with Crippen molar-refractivity contribution in [1.82, 2.24) is 0 Å². The molecule has 0 aliphatic heterocycles. The summed E-state index contributed by atoms with van der Waals surface area (Å²) in [4.78, 5) is 12.9. The van der Waals surface area contributed by atoms with Crippen LogP contribution in [0.25, 0.3) is 0 Å². The van der Waals surface area contributed by atoms with Crippen molar-refractivity contribution in [3.8, 4) is 0 Å². The highest BCUT2D eigenvalue weighted by atomic mass is 79.9. The third-order valence-corrected chi connectivity index (χ3v) is 4.34. The highest BCUT2D eigenvalue weighted by molar-refractivity contribution is 9.10. The number of anilines is 2. The van der Waals surface area contributed by atoms with Crippen molar-refractivity contribution in [2.24, 2.45) is 0 Å². The summed E-state index contributed by atoms with van der Waals surface area (Å²) in [5, 5.41) is 5.26. The summed E-state index contributed by atoms with van der Waals surface area (Å²) < 4.78 is 6.04. The van der Waals surface area contributed by atoms with Crippen LogP contribution in [0.5, 0.6) is 0 Å². The molecule has 1 aromatic heterocycles. The van der Waals surface area contributed by atoms with Crippen molar-refractivity contribution in [1.29, 1.82) is 0 Å². The van der Waals surface area contributed by atoms with Crippen LogP contribution in [0.15, 0.2) is 34.1 Å². The maximum Gasteiger partial charge on any atom is 0.338 e. The van der Waals surface area contributed by atoms with E-state index in [9.17, 15) is 4.79 Å². The molecule has 1 heterocycles. The monoisotopic (exact) mass is 354 g/mol. The number of ether oxygens (including phenoxy) is 1. The molecule has 0 bridgehead atoms. The Morgan fingerprint density at radius 1 is 1.45 bits per heavy atom. The van der Waals surface area contributed by atoms with E-state index in [1.807, 2.05) is 11.4 Å². The maximum absolute atomic E-state index is 11.7. The van der Waals surface area contributed by atoms with Gasteiger partial charge in [-0.15, -0.1) is 11.3 Å². The SMILES string of the molecule is CCOC(=O)c1ccc(N)c(NCc2cc(Br)cs2)c1. The van der Waals surface area contributed by atoms with Gasteiger partial charge in [-0.25, -0.2) is 4.79 Å². The molecule has 1 aromatic carbocycles. The van der Waals surface area contributed by atoms with Crippen LogP contribution in [0.4, 0.5) is 11.4 Å². The van der Waals surface area contributed by atoms with Crippen LogP contribution in [0, 0.1) is 0 Å². The van der Waals surface area contributed by atoms with E-state index in [-0.39, 0.29) is 5.97 Å². The number of carbonyl (C=O) groups is 1. The zero-order chi connectivity index (χ0) is 14.5. The van der Waals surface area contributed by atoms with E-state index < -0.39 is 0 Å². The quantitative estimate of drug-likeness (QED) is 0.631. The molecule has 0 saturated heterocycles. The lowest BCUT2D eigenvalue weighted by Gasteiger charge is -2.10. The Morgan fingerprint density at radius 2 is 2.25 bits per heavy atom. The molecule has 0 saturated carbocycles. The van der Waals surface area contributed by atoms with Gasteiger partial charge < -0.3 is 15.8 Å². The summed E-state index contributed by atoms with van der Waals surface area (Å²) in [6, 6.07) is 7.14. The molecule has 0 spiro atoms. The molecule has 2 aromatic rings. The van der Waals surface area contributed by atoms with Crippen LogP contribution in [-0.4, -0.2) is 12.6 Å². The smallest absolute Gasteiger partial charge is 0.338 e. The largest absolute Gasteiger partial charge is 0.462 e. The van der Waals surface area contributed by atoms with Crippen LogP contribution in [-0.2, 0) is 11.3 Å². The van der Waals surface area contributed by atoms with Crippen LogP contribution >= 0.6 is 27.3 Å². The van der Waals surface area contributed by atoms with Crippen LogP contribution < -0.4 is 11.1 Å². The molecule has 0 fully saturated rings. The molecule has 20 heavy (non-hydrogen) atoms. The zero-order valence-electron chi connectivity index (χ0n) is 11.0. The van der Waals surface area contributed by atoms with E-state index in [0.29, 0.717) is 24.4 Å². The van der Waals surface area contributed by atoms with Crippen molar-refractivity contribution in [3.63, 3.8) is 0 Å². The molecule has 0 unspecified atom stereocenters. The normalized spacial score (nSPS) is 10.3. The summed E-state index contributed by atoms with van der Waals surface area (Å²) in [5.74, 6) is -0.339. The van der Waals surface area contributed by atoms with E-state index in [0.717, 1.165) is 10.2 Å². The van der Waals surface area contributed by atoms with Gasteiger partial charge >= 0.3 is 5.97 Å². The number of hydrogen-bond donors (Lipinski definition) is 2. The Kier molecular flexibility index (Phi) is 5.03. The zero-order valence-corrected chi connectivity index (χ0v) is 13.4. The molecule has 0 atom stereocenters. The molecule has 6 heteroatoms. The summed E-state index contributed by atoms with van der Waals surface area (Å²) in [5.41, 5.74) is 7.75. The summed E-state index contributed by atoms with van der Waals surface area (Å²) in [7, 11) is 0.